The fourth-order valence-corrected chi connectivity index (χ4v) is 12.1. The predicted molar refractivity (Wildman–Crippen MR) is 464 cm³/mol. The SMILES string of the molecule is C[Si](C)=[Zr+2].C[Si](C)=[Zr+2].C[Si](C)=[Zr+2].Cc1cc2ccc3ccccc3c2[cH-]1.Cc1cc2ccc3ccccc3c2[cH-]1.Cl.Cl.Cl.Cl.Cl.Cl.c1ccc2[cH-]ccc2c1.c1ccc2[cH-]ccc2c1.c1ccc2c(-c3cccc4[cH-]ccc34)cccc2c1.c1ccc2c(-c3cccc4[cH-]ccc34)cccc2c1. The van der Waals surface area contributed by atoms with Gasteiger partial charge in [-0.3, -0.25) is 0 Å². The van der Waals surface area contributed by atoms with Gasteiger partial charge >= 0.3 is 126 Å². The quantitative estimate of drug-likeness (QED) is 0.120. The molecule has 512 valence electrons. The molecule has 102 heavy (non-hydrogen) atoms. The average molecular weight is 1740 g/mol. The van der Waals surface area contributed by atoms with Crippen molar-refractivity contribution in [1.29, 1.82) is 0 Å². The zero-order valence-electron chi connectivity index (χ0n) is 58.8. The van der Waals surface area contributed by atoms with Crippen molar-refractivity contribution in [2.24, 2.45) is 0 Å². The number of benzene rings is 12. The molecule has 0 fully saturated rings. The molecule has 18 rings (SSSR count). The second-order valence-corrected chi connectivity index (χ2v) is 52.8. The van der Waals surface area contributed by atoms with Crippen molar-refractivity contribution in [2.75, 3.05) is 0 Å². The van der Waals surface area contributed by atoms with Gasteiger partial charge in [-0.1, -0.05) is 216 Å². The first-order valence-electron chi connectivity index (χ1n) is 32.8. The number of hydrogen-bond donors (Lipinski definition) is 0. The summed E-state index contributed by atoms with van der Waals surface area (Å²) < 4.78 is 0. The van der Waals surface area contributed by atoms with Crippen LogP contribution < -0.4 is 0 Å². The summed E-state index contributed by atoms with van der Waals surface area (Å²) in [6.45, 7) is 18.1. The molecule has 0 heterocycles. The molecule has 0 aliphatic heterocycles. The molecule has 0 nitrogen and oxygen atoms in total. The van der Waals surface area contributed by atoms with Gasteiger partial charge in [-0.25, -0.2) is 0 Å². The fourth-order valence-electron chi connectivity index (χ4n) is 12.1. The van der Waals surface area contributed by atoms with Crippen molar-refractivity contribution in [1.82, 2.24) is 0 Å². The molecule has 0 amide bonds. The van der Waals surface area contributed by atoms with Gasteiger partial charge in [0.2, 0.25) is 0 Å². The van der Waals surface area contributed by atoms with Crippen LogP contribution in [0.2, 0.25) is 39.3 Å². The molecular weight excluding hydrogens is 1650 g/mol. The summed E-state index contributed by atoms with van der Waals surface area (Å²) in [7, 11) is 0. The Balaban J connectivity index is 0.000000252. The Labute approximate surface area is 686 Å². The minimum absolute atomic E-state index is 0. The first-order valence-corrected chi connectivity index (χ1v) is 51.4. The largest absolute Gasteiger partial charge is 0.168 e. The number of aryl methyl sites for hydroxylation is 2. The Morgan fingerprint density at radius 2 is 0.461 bits per heavy atom. The van der Waals surface area contributed by atoms with E-state index in [9.17, 15) is 0 Å². The van der Waals surface area contributed by atoms with Crippen LogP contribution in [0.25, 0.3) is 130 Å². The Bertz CT molecular complexity index is 5160. The molecule has 0 bridgehead atoms. The third-order valence-corrected chi connectivity index (χ3v) is 16.1. The van der Waals surface area contributed by atoms with E-state index in [-0.39, 0.29) is 90.7 Å². The summed E-state index contributed by atoms with van der Waals surface area (Å²) >= 11 is 5.22. The van der Waals surface area contributed by atoms with Gasteiger partial charge in [-0.05, 0) is 32.7 Å². The normalized spacial score (nSPS) is 9.86. The zero-order valence-corrected chi connectivity index (χ0v) is 74.1. The van der Waals surface area contributed by atoms with E-state index < -0.39 is 0 Å². The van der Waals surface area contributed by atoms with Crippen LogP contribution in [0.15, 0.2) is 340 Å². The van der Waals surface area contributed by atoms with Crippen molar-refractivity contribution in [2.45, 2.75) is 53.1 Å². The van der Waals surface area contributed by atoms with E-state index in [1.54, 1.807) is 70.0 Å². The predicted octanol–water partition coefficient (Wildman–Crippen LogP) is 28.8. The molecule has 18 aromatic rings. The van der Waals surface area contributed by atoms with Crippen LogP contribution in [0.5, 0.6) is 0 Å². The molecule has 12 heteroatoms. The number of rotatable bonds is 2. The van der Waals surface area contributed by atoms with Gasteiger partial charge in [0, 0.05) is 0 Å². The average Bonchev–Trinajstić information content (AvgIpc) is 1.44. The smallest absolute Gasteiger partial charge is 0.0114 e. The van der Waals surface area contributed by atoms with Crippen molar-refractivity contribution in [3.63, 3.8) is 0 Å². The van der Waals surface area contributed by atoms with Crippen LogP contribution in [-0.2, 0) is 70.0 Å². The van der Waals surface area contributed by atoms with Crippen LogP contribution >= 0.6 is 74.4 Å². The van der Waals surface area contributed by atoms with Gasteiger partial charge in [-0.2, -0.15) is 71.4 Å². The van der Waals surface area contributed by atoms with Gasteiger partial charge in [0.15, 0.2) is 0 Å². The molecule has 0 saturated carbocycles. The summed E-state index contributed by atoms with van der Waals surface area (Å²) in [5.41, 5.74) is 8.59. The number of hydrogen-bond acceptors (Lipinski definition) is 0. The van der Waals surface area contributed by atoms with Crippen LogP contribution in [0.1, 0.15) is 11.1 Å². The van der Waals surface area contributed by atoms with Crippen LogP contribution in [0.4, 0.5) is 0 Å². The number of fused-ring (bicyclic) bond motifs is 12. The van der Waals surface area contributed by atoms with Gasteiger partial charge in [0.25, 0.3) is 0 Å². The minimum atomic E-state index is 0. The first-order chi connectivity index (χ1) is 46.7. The molecule has 18 aromatic carbocycles. The fraction of sp³-hybridized carbons (Fsp3) is 0.0889. The number of halogens is 6. The summed E-state index contributed by atoms with van der Waals surface area (Å²) in [5.74, 6) is 0. The second kappa shape index (κ2) is 45.0. The third-order valence-electron chi connectivity index (χ3n) is 16.1. The first kappa shape index (κ1) is 88.8. The van der Waals surface area contributed by atoms with E-state index in [1.807, 2.05) is 0 Å². The minimum Gasteiger partial charge on any atom is -0.168 e. The van der Waals surface area contributed by atoms with Gasteiger partial charge in [-0.15, -0.1) is 249 Å². The molecule has 0 aliphatic rings. The molecule has 0 aromatic heterocycles. The van der Waals surface area contributed by atoms with Crippen molar-refractivity contribution in [3.8, 4) is 22.3 Å². The van der Waals surface area contributed by atoms with E-state index in [2.05, 4.69) is 393 Å². The molecule has 0 saturated heterocycles. The molecule has 0 N–H and O–H groups in total. The second-order valence-electron chi connectivity index (χ2n) is 24.7. The summed E-state index contributed by atoms with van der Waals surface area (Å²) in [6, 6.07) is 120. The maximum Gasteiger partial charge on any atom is -0.0114 e. The van der Waals surface area contributed by atoms with E-state index in [0.29, 0.717) is 0 Å². The monoisotopic (exact) mass is 1730 g/mol. The molecule has 0 atom stereocenters. The van der Waals surface area contributed by atoms with Crippen LogP contribution in [0.3, 0.4) is 0 Å². The van der Waals surface area contributed by atoms with Gasteiger partial charge < -0.3 is 0 Å². The molecule has 0 aliphatic carbocycles. The van der Waals surface area contributed by atoms with E-state index in [0.717, 1.165) is 0 Å². The van der Waals surface area contributed by atoms with E-state index >= 15 is 0 Å². The van der Waals surface area contributed by atoms with Gasteiger partial charge in [0.05, 0.1) is 0 Å². The van der Waals surface area contributed by atoms with Crippen molar-refractivity contribution >= 4 is 198 Å². The Hall–Kier alpha value is -5.62. The maximum atomic E-state index is 2.31. The van der Waals surface area contributed by atoms with Crippen LogP contribution in [-0.4, -0.2) is 16.3 Å². The molecule has 0 spiro atoms. The maximum absolute atomic E-state index is 2.31. The topological polar surface area (TPSA) is 0 Å². The standard InChI is InChI=1S/2C19H13.2C14H11.2C9H7.3C2H6Si.6ClH.3Zr/c2*1-2-10-16-14(6-1)8-4-12-18(16)19-13-5-9-15-7-3-11-17(15)19;2*1-10-8-12-7-6-11-4-2-3-5-13(11)14(12)9-10;2*1-2-5-9-7-3-6-8(9)4-1;3*1-3-2;;;;;;;;;/h2*1-13H;2*2-9H,1H3;2*1-7H;3*1-2H3;6*1H;;;/q6*-1;;;;;;;;;;3*+2. The van der Waals surface area contributed by atoms with E-state index in [4.69, 9.17) is 0 Å². The summed E-state index contributed by atoms with van der Waals surface area (Å²) in [5, 5.41) is 26.7. The van der Waals surface area contributed by atoms with Crippen molar-refractivity contribution in [3.05, 3.63) is 351 Å². The Morgan fingerprint density at radius 1 is 0.225 bits per heavy atom. The van der Waals surface area contributed by atoms with Gasteiger partial charge in [0.1, 0.15) is 0 Å². The van der Waals surface area contributed by atoms with Crippen LogP contribution in [0, 0.1) is 13.8 Å². The van der Waals surface area contributed by atoms with Crippen molar-refractivity contribution < 1.29 is 70.0 Å². The Kier molecular flexibility index (Phi) is 39.2. The third kappa shape index (κ3) is 24.7. The molecular formula is C90H86Cl6Si3Zr3. The summed E-state index contributed by atoms with van der Waals surface area (Å²) in [4.78, 5) is 0. The Morgan fingerprint density at radius 3 is 0.804 bits per heavy atom. The molecule has 0 radical (unpaired) electrons. The summed E-state index contributed by atoms with van der Waals surface area (Å²) in [6.07, 6.45) is 0. The van der Waals surface area contributed by atoms with E-state index in [1.165, 1.54) is 141 Å². The zero-order chi connectivity index (χ0) is 67.3. The molecule has 0 unspecified atom stereocenters.